The van der Waals surface area contributed by atoms with Gasteiger partial charge in [-0.2, -0.15) is 0 Å². The fourth-order valence-electron chi connectivity index (χ4n) is 1.19. The highest BCUT2D eigenvalue weighted by Gasteiger charge is 2.11. The maximum Gasteiger partial charge on any atom is 0.381 e. The molecule has 1 rings (SSSR count). The third-order valence-corrected chi connectivity index (χ3v) is 1.97. The van der Waals surface area contributed by atoms with E-state index < -0.39 is 4.92 Å². The third-order valence-electron chi connectivity index (χ3n) is 1.97. The zero-order valence-electron chi connectivity index (χ0n) is 8.55. The average Bonchev–Trinajstić information content (AvgIpc) is 2.63. The summed E-state index contributed by atoms with van der Waals surface area (Å²) < 4.78 is 1.44. The van der Waals surface area contributed by atoms with E-state index in [0.717, 1.165) is 12.8 Å². The molecule has 0 aliphatic rings. The van der Waals surface area contributed by atoms with Crippen LogP contribution in [0, 0.1) is 10.1 Å². The Balaban J connectivity index is 2.50. The first-order valence-corrected chi connectivity index (χ1v) is 4.81. The van der Waals surface area contributed by atoms with Crippen LogP contribution in [-0.4, -0.2) is 20.3 Å². The minimum absolute atomic E-state index is 0.0733. The molecule has 0 saturated heterocycles. The molecule has 0 aromatic carbocycles. The molecular weight excluding hydrogens is 198 g/mol. The first kappa shape index (κ1) is 11.4. The van der Waals surface area contributed by atoms with Crippen molar-refractivity contribution in [2.45, 2.75) is 32.7 Å². The van der Waals surface area contributed by atoms with Crippen LogP contribution in [-0.2, 0) is 11.3 Å². The van der Waals surface area contributed by atoms with Crippen molar-refractivity contribution in [1.82, 2.24) is 9.55 Å². The number of nitro groups is 1. The molecule has 0 spiro atoms. The maximum atomic E-state index is 11.3. The minimum atomic E-state index is -0.576. The number of hydrogen-bond donors (Lipinski definition) is 0. The lowest BCUT2D eigenvalue weighted by Crippen LogP contribution is -2.07. The van der Waals surface area contributed by atoms with E-state index in [1.807, 2.05) is 6.92 Å². The minimum Gasteiger partial charge on any atom is -0.358 e. The molecule has 6 nitrogen and oxygen atoms in total. The zero-order chi connectivity index (χ0) is 11.3. The molecule has 1 aromatic heterocycles. The van der Waals surface area contributed by atoms with Crippen molar-refractivity contribution in [1.29, 1.82) is 0 Å². The van der Waals surface area contributed by atoms with Crippen molar-refractivity contribution in [2.75, 3.05) is 0 Å². The van der Waals surface area contributed by atoms with Crippen molar-refractivity contribution in [3.63, 3.8) is 0 Å². The van der Waals surface area contributed by atoms with Gasteiger partial charge in [0, 0.05) is 6.42 Å². The molecular formula is C9H13N3O3. The van der Waals surface area contributed by atoms with Gasteiger partial charge in [-0.25, -0.2) is 0 Å². The Kier molecular flexibility index (Phi) is 3.96. The molecule has 1 aromatic rings. The number of rotatable bonds is 6. The lowest BCUT2D eigenvalue weighted by Gasteiger charge is -1.98. The Morgan fingerprint density at radius 1 is 1.67 bits per heavy atom. The van der Waals surface area contributed by atoms with Crippen molar-refractivity contribution in [3.8, 4) is 0 Å². The highest BCUT2D eigenvalue weighted by molar-refractivity contribution is 5.78. The van der Waals surface area contributed by atoms with E-state index >= 15 is 0 Å². The molecule has 0 aliphatic heterocycles. The van der Waals surface area contributed by atoms with E-state index in [-0.39, 0.29) is 18.1 Å². The van der Waals surface area contributed by atoms with Gasteiger partial charge in [0.1, 0.15) is 6.20 Å². The molecule has 0 amide bonds. The predicted molar refractivity (Wildman–Crippen MR) is 53.4 cm³/mol. The van der Waals surface area contributed by atoms with Crippen molar-refractivity contribution in [2.24, 2.45) is 0 Å². The topological polar surface area (TPSA) is 78.0 Å². The third kappa shape index (κ3) is 3.49. The first-order valence-electron chi connectivity index (χ1n) is 4.81. The number of carbonyl (C=O) groups excluding carboxylic acids is 1. The quantitative estimate of drug-likeness (QED) is 0.528. The van der Waals surface area contributed by atoms with Crippen molar-refractivity contribution in [3.05, 3.63) is 22.6 Å². The molecule has 1 heterocycles. The standard InChI is InChI=1S/C9H13N3O3/c1-2-3-4-8(13)5-11-6-9(10-7-11)12(14)15/h6-7H,2-5H2,1H3. The van der Waals surface area contributed by atoms with Crippen LogP contribution in [0.15, 0.2) is 12.5 Å². The summed E-state index contributed by atoms with van der Waals surface area (Å²) in [6.45, 7) is 2.18. The first-order chi connectivity index (χ1) is 7.13. The average molecular weight is 211 g/mol. The molecule has 82 valence electrons. The van der Waals surface area contributed by atoms with Gasteiger partial charge in [-0.3, -0.25) is 4.79 Å². The Labute approximate surface area is 87.1 Å². The van der Waals surface area contributed by atoms with Crippen molar-refractivity contribution < 1.29 is 9.72 Å². The molecule has 0 unspecified atom stereocenters. The highest BCUT2D eigenvalue weighted by atomic mass is 16.6. The molecule has 0 radical (unpaired) electrons. The van der Waals surface area contributed by atoms with Crippen molar-refractivity contribution >= 4 is 11.6 Å². The second-order valence-electron chi connectivity index (χ2n) is 3.30. The van der Waals surface area contributed by atoms with Crippen LogP contribution in [0.25, 0.3) is 0 Å². The van der Waals surface area contributed by atoms with E-state index in [1.165, 1.54) is 17.1 Å². The summed E-state index contributed by atoms with van der Waals surface area (Å²) >= 11 is 0. The van der Waals surface area contributed by atoms with Crippen LogP contribution in [0.4, 0.5) is 5.82 Å². The summed E-state index contributed by atoms with van der Waals surface area (Å²) in [6.07, 6.45) is 4.92. The van der Waals surface area contributed by atoms with E-state index in [4.69, 9.17) is 0 Å². The Morgan fingerprint density at radius 2 is 2.40 bits per heavy atom. The number of aromatic nitrogens is 2. The van der Waals surface area contributed by atoms with Crippen LogP contribution >= 0.6 is 0 Å². The van der Waals surface area contributed by atoms with Gasteiger partial charge in [0.25, 0.3) is 0 Å². The predicted octanol–water partition coefficient (Wildman–Crippen LogP) is 1.55. The van der Waals surface area contributed by atoms with E-state index in [9.17, 15) is 14.9 Å². The highest BCUT2D eigenvalue weighted by Crippen LogP contribution is 2.06. The lowest BCUT2D eigenvalue weighted by atomic mass is 10.2. The van der Waals surface area contributed by atoms with Gasteiger partial charge in [-0.1, -0.05) is 13.3 Å². The molecule has 0 saturated carbocycles. The summed E-state index contributed by atoms with van der Waals surface area (Å²) in [5, 5.41) is 10.3. The molecule has 0 N–H and O–H groups in total. The molecule has 15 heavy (non-hydrogen) atoms. The molecule has 6 heteroatoms. The SMILES string of the molecule is CCCCC(=O)Cn1cnc([N+](=O)[O-])c1. The van der Waals surface area contributed by atoms with Gasteiger partial charge in [0.15, 0.2) is 5.78 Å². The van der Waals surface area contributed by atoms with Gasteiger partial charge in [0.05, 0.1) is 6.54 Å². The van der Waals surface area contributed by atoms with Gasteiger partial charge >= 0.3 is 5.82 Å². The summed E-state index contributed by atoms with van der Waals surface area (Å²) in [5.74, 6) is -0.151. The summed E-state index contributed by atoms with van der Waals surface area (Å²) in [5.41, 5.74) is 0. The number of carbonyl (C=O) groups is 1. The van der Waals surface area contributed by atoms with Gasteiger partial charge in [0.2, 0.25) is 6.33 Å². The number of ketones is 1. The fourth-order valence-corrected chi connectivity index (χ4v) is 1.19. The number of unbranched alkanes of at least 4 members (excludes halogenated alkanes) is 1. The summed E-state index contributed by atoms with van der Waals surface area (Å²) in [4.78, 5) is 24.6. The molecule has 0 aliphatic carbocycles. The Bertz CT molecular complexity index is 359. The van der Waals surface area contributed by atoms with Crippen LogP contribution in [0.1, 0.15) is 26.2 Å². The molecule has 0 bridgehead atoms. The lowest BCUT2D eigenvalue weighted by molar-refractivity contribution is -0.389. The zero-order valence-corrected chi connectivity index (χ0v) is 8.55. The Morgan fingerprint density at radius 3 is 2.93 bits per heavy atom. The van der Waals surface area contributed by atoms with Crippen LogP contribution < -0.4 is 0 Å². The monoisotopic (exact) mass is 211 g/mol. The van der Waals surface area contributed by atoms with Crippen LogP contribution in [0.2, 0.25) is 0 Å². The maximum absolute atomic E-state index is 11.3. The smallest absolute Gasteiger partial charge is 0.358 e. The number of hydrogen-bond acceptors (Lipinski definition) is 4. The number of Topliss-reactive ketones (excluding diaryl/α,β-unsaturated/α-hetero) is 1. The summed E-state index contributed by atoms with van der Waals surface area (Å²) in [7, 11) is 0. The van der Waals surface area contributed by atoms with E-state index in [2.05, 4.69) is 4.98 Å². The van der Waals surface area contributed by atoms with Crippen LogP contribution in [0.5, 0.6) is 0 Å². The molecule has 0 atom stereocenters. The van der Waals surface area contributed by atoms with Crippen LogP contribution in [0.3, 0.4) is 0 Å². The number of nitrogens with zero attached hydrogens (tertiary/aromatic N) is 3. The van der Waals surface area contributed by atoms with Gasteiger partial charge < -0.3 is 14.7 Å². The second kappa shape index (κ2) is 5.23. The fraction of sp³-hybridized carbons (Fsp3) is 0.556. The largest absolute Gasteiger partial charge is 0.381 e. The van der Waals surface area contributed by atoms with E-state index in [0.29, 0.717) is 6.42 Å². The molecule has 0 fully saturated rings. The number of imidazole rings is 1. The second-order valence-corrected chi connectivity index (χ2v) is 3.30. The normalized spacial score (nSPS) is 10.2. The van der Waals surface area contributed by atoms with E-state index in [1.54, 1.807) is 0 Å². The van der Waals surface area contributed by atoms with Gasteiger partial charge in [-0.15, -0.1) is 0 Å². The summed E-state index contributed by atoms with van der Waals surface area (Å²) in [6, 6.07) is 0. The Hall–Kier alpha value is -1.72. The van der Waals surface area contributed by atoms with Gasteiger partial charge in [-0.05, 0) is 16.3 Å².